The molecular weight excluding hydrogens is 1240 g/mol. The van der Waals surface area contributed by atoms with Gasteiger partial charge in [-0.1, -0.05) is 66.2 Å². The van der Waals surface area contributed by atoms with E-state index in [2.05, 4.69) is 71.1 Å². The Labute approximate surface area is 552 Å². The van der Waals surface area contributed by atoms with Crippen LogP contribution in [0.25, 0.3) is 84.6 Å². The summed E-state index contributed by atoms with van der Waals surface area (Å²) >= 11 is 6.24. The monoisotopic (exact) mass is 1300 g/mol. The minimum absolute atomic E-state index is 0.171. The largest absolute Gasteiger partial charge is 0.508 e. The number of hydrogen-bond donors (Lipinski definition) is 1. The number of nitrogens with zero attached hydrogens (tertiary/aromatic N) is 8. The highest BCUT2D eigenvalue weighted by Crippen LogP contribution is 2.38. The average molecular weight is 1300 g/mol. The van der Waals surface area contributed by atoms with Gasteiger partial charge in [-0.05, 0) is 165 Å². The van der Waals surface area contributed by atoms with Gasteiger partial charge < -0.3 is 9.84 Å². The predicted octanol–water partition coefficient (Wildman–Crippen LogP) is 17.7. The summed E-state index contributed by atoms with van der Waals surface area (Å²) in [4.78, 5) is 88.2. The molecule has 0 saturated heterocycles. The van der Waals surface area contributed by atoms with Crippen LogP contribution in [-0.2, 0) is 25.7 Å². The zero-order valence-corrected chi connectivity index (χ0v) is 54.0. The van der Waals surface area contributed by atoms with Gasteiger partial charge in [0.15, 0.2) is 23.1 Å². The van der Waals surface area contributed by atoms with Crippen LogP contribution < -0.4 is 4.74 Å². The molecule has 0 radical (unpaired) electrons. The van der Waals surface area contributed by atoms with E-state index in [1.807, 2.05) is 103 Å². The molecule has 8 heterocycles. The molecule has 0 fully saturated rings. The predicted molar refractivity (Wildman–Crippen MR) is 365 cm³/mol. The number of phenols is 1. The Morgan fingerprint density at radius 3 is 1.08 bits per heavy atom. The number of aryl methyl sites for hydroxylation is 5. The molecule has 14 nitrogen and oxygen atoms in total. The maximum absolute atomic E-state index is 13.3. The van der Waals surface area contributed by atoms with Gasteiger partial charge in [0.05, 0.1) is 72.2 Å². The molecule has 0 bridgehead atoms. The number of Topliss-reactive ketones (excluding diaryl/α,β-unsaturated/α-hetero) is 4. The molecule has 1 N–H and O–H groups in total. The third-order valence-corrected chi connectivity index (χ3v) is 20.4. The Balaban J connectivity index is 0.000000113. The van der Waals surface area contributed by atoms with Crippen molar-refractivity contribution >= 4 is 68.5 Å². The average Bonchev–Trinajstić information content (AvgIpc) is 2.07. The highest BCUT2D eigenvalue weighted by atomic mass is 32.1. The topological polar surface area (TPSA) is 201 Å². The lowest BCUT2D eigenvalue weighted by molar-refractivity contribution is 0.0963. The van der Waals surface area contributed by atoms with Crippen LogP contribution in [0.4, 0.5) is 4.39 Å². The Morgan fingerprint density at radius 1 is 0.387 bits per heavy atom. The van der Waals surface area contributed by atoms with E-state index in [0.717, 1.165) is 181 Å². The maximum Gasteiger partial charge on any atom is 0.164 e. The van der Waals surface area contributed by atoms with Crippen LogP contribution in [0, 0.1) is 12.7 Å². The highest BCUT2D eigenvalue weighted by molar-refractivity contribution is 7.19. The lowest BCUT2D eigenvalue weighted by Crippen LogP contribution is -2.12. The third kappa shape index (κ3) is 14.3. The van der Waals surface area contributed by atoms with E-state index in [1.165, 1.54) is 45.9 Å². The number of carbonyl (C=O) groups excluding carboxylic acids is 4. The molecule has 12 aromatic rings. The molecule has 0 atom stereocenters. The van der Waals surface area contributed by atoms with Gasteiger partial charge in [0, 0.05) is 72.7 Å². The second-order valence-electron chi connectivity index (χ2n) is 22.7. The van der Waals surface area contributed by atoms with Crippen LogP contribution in [0.2, 0.25) is 0 Å². The summed E-state index contributed by atoms with van der Waals surface area (Å²) in [6.45, 7) is 2.09. The van der Waals surface area contributed by atoms with E-state index in [9.17, 15) is 28.7 Å². The number of pyridine rings is 4. The fourth-order valence-electron chi connectivity index (χ4n) is 11.4. The summed E-state index contributed by atoms with van der Waals surface area (Å²) in [5, 5.41) is 13.0. The van der Waals surface area contributed by atoms with Crippen molar-refractivity contribution in [2.75, 3.05) is 7.11 Å². The number of rotatable bonds is 9. The lowest BCUT2D eigenvalue weighted by atomic mass is 9.94. The van der Waals surface area contributed by atoms with Crippen molar-refractivity contribution in [3.63, 3.8) is 0 Å². The smallest absolute Gasteiger partial charge is 0.164 e. The van der Waals surface area contributed by atoms with E-state index in [1.54, 1.807) is 60.4 Å². The number of thiazole rings is 4. The summed E-state index contributed by atoms with van der Waals surface area (Å²) in [6.07, 6.45) is 16.7. The van der Waals surface area contributed by atoms with Gasteiger partial charge in [-0.2, -0.15) is 0 Å². The van der Waals surface area contributed by atoms with Crippen molar-refractivity contribution < 1.29 is 33.4 Å². The minimum Gasteiger partial charge on any atom is -0.508 e. The van der Waals surface area contributed by atoms with E-state index in [0.29, 0.717) is 25.7 Å². The summed E-state index contributed by atoms with van der Waals surface area (Å²) in [5.41, 5.74) is 15.1. The molecule has 19 heteroatoms. The molecule has 0 spiro atoms. The number of ketones is 4. The number of fused-ring (bicyclic) bond motifs is 4. The van der Waals surface area contributed by atoms with Gasteiger partial charge in [0.2, 0.25) is 0 Å². The SMILES string of the molecule is COc1cccc(-c2cnc(-c3ccc4c(n3)CCCC4=O)s2)c1.Cc1cccc(-c2cnc(-c3ccc4c(n3)CCCC4=O)s2)c1.O=C1CCCc2nc(-c3ncc(-c4cccc(F)c4)s3)ccc21.O=C1CCCc2nc(-c3ncc(-c4cccc(O)c4)s3)ccc21. The summed E-state index contributed by atoms with van der Waals surface area (Å²) in [7, 11) is 1.66. The molecular formula is C74H59FN8O6S4. The van der Waals surface area contributed by atoms with Crippen molar-refractivity contribution in [2.45, 2.75) is 84.0 Å². The van der Waals surface area contributed by atoms with Crippen LogP contribution in [0.5, 0.6) is 11.5 Å². The first kappa shape index (κ1) is 62.0. The molecule has 93 heavy (non-hydrogen) atoms. The zero-order chi connectivity index (χ0) is 64.0. The summed E-state index contributed by atoms with van der Waals surface area (Å²) < 4.78 is 18.6. The van der Waals surface area contributed by atoms with Crippen molar-refractivity contribution in [1.82, 2.24) is 39.9 Å². The summed E-state index contributed by atoms with van der Waals surface area (Å²) in [6, 6.07) is 45.0. The van der Waals surface area contributed by atoms with Gasteiger partial charge in [0.25, 0.3) is 0 Å². The molecule has 0 saturated carbocycles. The van der Waals surface area contributed by atoms with Crippen LogP contribution >= 0.6 is 45.3 Å². The standard InChI is InChI=1S/C19H16N2O2S.C19H16N2OS.C18H13FN2OS.C18H14N2O2S/c1-23-13-5-2-4-12(10-13)18-11-20-19(24-18)16-9-8-14-15(21-16)6-3-7-17(14)22;1-12-4-2-5-13(10-12)18-11-20-19(23-18)16-9-8-14-15(21-16)6-3-7-17(14)22;19-12-4-1-3-11(9-12)17-10-20-18(23-17)15-8-7-13-14(21-15)5-2-6-16(13)22;21-12-4-1-3-11(9-12)17-10-19-18(23-17)15-8-7-13-14(20-15)5-2-6-16(13)22/h2,4-5,8-11H,3,6-7H2,1H3;2,4-5,8-11H,3,6-7H2,1H3;1,3-4,7-10H,2,5-6H2;1,3-4,7-10,21H,2,5-6H2. The Hall–Kier alpha value is -9.79. The van der Waals surface area contributed by atoms with Gasteiger partial charge in [-0.25, -0.2) is 44.3 Å². The van der Waals surface area contributed by atoms with Crippen LogP contribution in [-0.4, -0.2) is 75.2 Å². The molecule has 0 aliphatic heterocycles. The van der Waals surface area contributed by atoms with Gasteiger partial charge in [-0.15, -0.1) is 45.3 Å². The van der Waals surface area contributed by atoms with Crippen molar-refractivity contribution in [3.8, 4) is 96.1 Å². The number of aromatic nitrogens is 8. The fraction of sp³-hybridized carbons (Fsp3) is 0.189. The van der Waals surface area contributed by atoms with E-state index >= 15 is 0 Å². The van der Waals surface area contributed by atoms with Crippen LogP contribution in [0.15, 0.2) is 170 Å². The Kier molecular flexibility index (Phi) is 18.7. The zero-order valence-electron chi connectivity index (χ0n) is 50.7. The number of benzene rings is 4. The number of halogens is 1. The molecule has 16 rings (SSSR count). The normalized spacial score (nSPS) is 13.8. The van der Waals surface area contributed by atoms with Gasteiger partial charge in [0.1, 0.15) is 37.3 Å². The third-order valence-electron chi connectivity index (χ3n) is 16.2. The van der Waals surface area contributed by atoms with Crippen molar-refractivity contribution in [3.05, 3.63) is 227 Å². The van der Waals surface area contributed by atoms with E-state index in [4.69, 9.17) is 4.74 Å². The second kappa shape index (κ2) is 28.0. The van der Waals surface area contributed by atoms with Gasteiger partial charge >= 0.3 is 0 Å². The van der Waals surface area contributed by atoms with Crippen molar-refractivity contribution in [2.24, 2.45) is 0 Å². The Bertz CT molecular complexity index is 4470. The minimum atomic E-state index is -0.261. The molecule has 4 aliphatic carbocycles. The van der Waals surface area contributed by atoms with Crippen LogP contribution in [0.3, 0.4) is 0 Å². The number of ether oxygens (including phenoxy) is 1. The molecule has 4 aromatic carbocycles. The van der Waals surface area contributed by atoms with Gasteiger partial charge in [-0.3, -0.25) is 19.2 Å². The first-order valence-corrected chi connectivity index (χ1v) is 33.9. The first-order valence-electron chi connectivity index (χ1n) is 30.6. The quantitative estimate of drug-likeness (QED) is 0.143. The van der Waals surface area contributed by atoms with E-state index < -0.39 is 0 Å². The van der Waals surface area contributed by atoms with Crippen LogP contribution in [0.1, 0.15) is 121 Å². The Morgan fingerprint density at radius 2 is 0.720 bits per heavy atom. The van der Waals surface area contributed by atoms with Crippen molar-refractivity contribution in [1.29, 1.82) is 0 Å². The molecule has 4 aliphatic rings. The lowest BCUT2D eigenvalue weighted by Gasteiger charge is -2.13. The second-order valence-corrected chi connectivity index (χ2v) is 26.8. The maximum atomic E-state index is 13.3. The molecule has 0 amide bonds. The number of methoxy groups -OCH3 is 1. The number of hydrogen-bond acceptors (Lipinski definition) is 18. The number of carbonyl (C=O) groups is 4. The number of aromatic hydroxyl groups is 1. The molecule has 0 unspecified atom stereocenters. The first-order chi connectivity index (χ1) is 45.4. The molecule has 462 valence electrons. The van der Waals surface area contributed by atoms with E-state index in [-0.39, 0.29) is 34.7 Å². The molecule has 8 aromatic heterocycles. The number of phenolic OH excluding ortho intramolecular Hbond substituents is 1. The summed E-state index contributed by atoms with van der Waals surface area (Å²) in [5.74, 6) is 1.57. The fourth-order valence-corrected chi connectivity index (χ4v) is 15.0. The highest BCUT2D eigenvalue weighted by Gasteiger charge is 2.24.